The Kier molecular flexibility index (Phi) is 3.33. The molecule has 0 aliphatic heterocycles. The number of pyridine rings is 1. The maximum atomic E-state index is 10.7. The topological polar surface area (TPSA) is 107 Å². The lowest BCUT2D eigenvalue weighted by Crippen LogP contribution is -2.32. The van der Waals surface area contributed by atoms with Crippen LogP contribution in [0.1, 0.15) is 5.69 Å². The van der Waals surface area contributed by atoms with Crippen molar-refractivity contribution in [2.45, 2.75) is 12.5 Å². The van der Waals surface area contributed by atoms with E-state index in [2.05, 4.69) is 15.3 Å². The molecule has 3 rings (SSSR count). The number of benzene rings is 1. The Bertz CT molecular complexity index is 799. The first-order valence-electron chi connectivity index (χ1n) is 6.38. The highest BCUT2D eigenvalue weighted by Crippen LogP contribution is 2.16. The molecule has 1 aromatic carbocycles. The van der Waals surface area contributed by atoms with Crippen molar-refractivity contribution >= 4 is 16.9 Å². The van der Waals surface area contributed by atoms with E-state index in [4.69, 9.17) is 10.8 Å². The van der Waals surface area contributed by atoms with Gasteiger partial charge in [-0.3, -0.25) is 9.78 Å². The second-order valence-corrected chi connectivity index (χ2v) is 4.68. The molecule has 0 aliphatic rings. The van der Waals surface area contributed by atoms with Gasteiger partial charge >= 0.3 is 5.97 Å². The van der Waals surface area contributed by atoms with Gasteiger partial charge in [0.1, 0.15) is 6.04 Å². The Morgan fingerprint density at radius 3 is 3.05 bits per heavy atom. The standard InChI is InChI=1S/C14H13N5O2/c15-12(14(20)21)7-10-8-19(18-17-10)11-3-4-13-9(6-11)2-1-5-16-13/h1-6,8,12H,7,15H2,(H,20,21). The van der Waals surface area contributed by atoms with Gasteiger partial charge in [-0.05, 0) is 24.3 Å². The van der Waals surface area contributed by atoms with E-state index in [1.807, 2.05) is 30.3 Å². The molecule has 0 spiro atoms. The van der Waals surface area contributed by atoms with Gasteiger partial charge in [0.25, 0.3) is 0 Å². The van der Waals surface area contributed by atoms with Crippen LogP contribution in [0.4, 0.5) is 0 Å². The maximum Gasteiger partial charge on any atom is 0.320 e. The lowest BCUT2D eigenvalue weighted by molar-refractivity contribution is -0.138. The van der Waals surface area contributed by atoms with Crippen molar-refractivity contribution < 1.29 is 9.90 Å². The van der Waals surface area contributed by atoms with Crippen molar-refractivity contribution in [1.29, 1.82) is 0 Å². The molecule has 1 unspecified atom stereocenters. The van der Waals surface area contributed by atoms with E-state index < -0.39 is 12.0 Å². The summed E-state index contributed by atoms with van der Waals surface area (Å²) >= 11 is 0. The van der Waals surface area contributed by atoms with Crippen LogP contribution in [0, 0.1) is 0 Å². The van der Waals surface area contributed by atoms with Crippen LogP contribution in [0.2, 0.25) is 0 Å². The Hall–Kier alpha value is -2.80. The van der Waals surface area contributed by atoms with E-state index in [0.717, 1.165) is 16.6 Å². The average Bonchev–Trinajstić information content (AvgIpc) is 2.95. The predicted octanol–water partition coefficient (Wildman–Crippen LogP) is 0.770. The molecule has 7 nitrogen and oxygen atoms in total. The number of carboxylic acids is 1. The molecule has 2 heterocycles. The Morgan fingerprint density at radius 2 is 2.24 bits per heavy atom. The van der Waals surface area contributed by atoms with Crippen molar-refractivity contribution in [1.82, 2.24) is 20.0 Å². The second kappa shape index (κ2) is 5.29. The molecule has 21 heavy (non-hydrogen) atoms. The zero-order chi connectivity index (χ0) is 14.8. The summed E-state index contributed by atoms with van der Waals surface area (Å²) in [5.74, 6) is -1.05. The van der Waals surface area contributed by atoms with E-state index in [0.29, 0.717) is 5.69 Å². The van der Waals surface area contributed by atoms with Gasteiger partial charge < -0.3 is 10.8 Å². The molecule has 0 amide bonds. The number of hydrogen-bond acceptors (Lipinski definition) is 5. The summed E-state index contributed by atoms with van der Waals surface area (Å²) in [6.45, 7) is 0. The highest BCUT2D eigenvalue weighted by atomic mass is 16.4. The van der Waals surface area contributed by atoms with Gasteiger partial charge in [-0.2, -0.15) is 0 Å². The Balaban J connectivity index is 1.89. The summed E-state index contributed by atoms with van der Waals surface area (Å²) in [6, 6.07) is 8.57. The summed E-state index contributed by atoms with van der Waals surface area (Å²) < 4.78 is 1.59. The van der Waals surface area contributed by atoms with Crippen molar-refractivity contribution in [2.75, 3.05) is 0 Å². The summed E-state index contributed by atoms with van der Waals surface area (Å²) in [5.41, 5.74) is 7.75. The molecule has 0 bridgehead atoms. The van der Waals surface area contributed by atoms with Crippen LogP contribution in [0.5, 0.6) is 0 Å². The predicted molar refractivity (Wildman–Crippen MR) is 76.0 cm³/mol. The molecule has 7 heteroatoms. The first-order chi connectivity index (χ1) is 10.1. The highest BCUT2D eigenvalue weighted by molar-refractivity contribution is 5.80. The van der Waals surface area contributed by atoms with Crippen LogP contribution >= 0.6 is 0 Å². The third-order valence-corrected chi connectivity index (χ3v) is 3.14. The van der Waals surface area contributed by atoms with Gasteiger partial charge in [-0.1, -0.05) is 11.3 Å². The third kappa shape index (κ3) is 2.72. The molecule has 0 saturated carbocycles. The van der Waals surface area contributed by atoms with Crippen molar-refractivity contribution in [3.63, 3.8) is 0 Å². The lowest BCUT2D eigenvalue weighted by atomic mass is 10.2. The van der Waals surface area contributed by atoms with E-state index in [-0.39, 0.29) is 6.42 Å². The molecule has 3 N–H and O–H groups in total. The maximum absolute atomic E-state index is 10.7. The number of nitrogens with two attached hydrogens (primary N) is 1. The summed E-state index contributed by atoms with van der Waals surface area (Å²) in [7, 11) is 0. The zero-order valence-corrected chi connectivity index (χ0v) is 11.0. The van der Waals surface area contributed by atoms with E-state index in [9.17, 15) is 4.79 Å². The van der Waals surface area contributed by atoms with Gasteiger partial charge in [-0.15, -0.1) is 5.10 Å². The Morgan fingerprint density at radius 1 is 1.38 bits per heavy atom. The average molecular weight is 283 g/mol. The van der Waals surface area contributed by atoms with Gasteiger partial charge in [0.05, 0.1) is 23.1 Å². The molecule has 106 valence electrons. The molecule has 0 aliphatic carbocycles. The van der Waals surface area contributed by atoms with Gasteiger partial charge in [0, 0.05) is 18.0 Å². The monoisotopic (exact) mass is 283 g/mol. The molecule has 1 atom stereocenters. The normalized spacial score (nSPS) is 12.4. The summed E-state index contributed by atoms with van der Waals surface area (Å²) in [6.07, 6.45) is 3.56. The number of fused-ring (bicyclic) bond motifs is 1. The van der Waals surface area contributed by atoms with Crippen LogP contribution in [-0.2, 0) is 11.2 Å². The Labute approximate surface area is 120 Å². The van der Waals surface area contributed by atoms with Crippen molar-refractivity contribution in [2.24, 2.45) is 5.73 Å². The van der Waals surface area contributed by atoms with Gasteiger partial charge in [-0.25, -0.2) is 4.68 Å². The van der Waals surface area contributed by atoms with E-state index >= 15 is 0 Å². The quantitative estimate of drug-likeness (QED) is 0.732. The number of rotatable bonds is 4. The molecule has 3 aromatic rings. The van der Waals surface area contributed by atoms with Crippen LogP contribution in [0.25, 0.3) is 16.6 Å². The van der Waals surface area contributed by atoms with Crippen molar-refractivity contribution in [3.8, 4) is 5.69 Å². The minimum atomic E-state index is -1.05. The minimum Gasteiger partial charge on any atom is -0.480 e. The zero-order valence-electron chi connectivity index (χ0n) is 11.0. The van der Waals surface area contributed by atoms with E-state index in [1.165, 1.54) is 0 Å². The van der Waals surface area contributed by atoms with Gasteiger partial charge in [0.2, 0.25) is 0 Å². The largest absolute Gasteiger partial charge is 0.480 e. The molecular weight excluding hydrogens is 270 g/mol. The minimum absolute atomic E-state index is 0.143. The van der Waals surface area contributed by atoms with Crippen molar-refractivity contribution in [3.05, 3.63) is 48.4 Å². The van der Waals surface area contributed by atoms with Crippen LogP contribution in [0.3, 0.4) is 0 Å². The first-order valence-corrected chi connectivity index (χ1v) is 6.38. The number of aromatic nitrogens is 4. The fourth-order valence-corrected chi connectivity index (χ4v) is 2.04. The SMILES string of the molecule is NC(Cc1cn(-c2ccc3ncccc3c2)nn1)C(=O)O. The molecule has 0 radical (unpaired) electrons. The highest BCUT2D eigenvalue weighted by Gasteiger charge is 2.14. The molecule has 0 saturated heterocycles. The van der Waals surface area contributed by atoms with E-state index in [1.54, 1.807) is 17.1 Å². The van der Waals surface area contributed by atoms with Crippen LogP contribution < -0.4 is 5.73 Å². The summed E-state index contributed by atoms with van der Waals surface area (Å²) in [5, 5.41) is 17.7. The molecule has 0 fully saturated rings. The number of nitrogens with zero attached hydrogens (tertiary/aromatic N) is 4. The third-order valence-electron chi connectivity index (χ3n) is 3.14. The number of hydrogen-bond donors (Lipinski definition) is 2. The molecular formula is C14H13N5O2. The second-order valence-electron chi connectivity index (χ2n) is 4.68. The fourth-order valence-electron chi connectivity index (χ4n) is 2.04. The summed E-state index contributed by atoms with van der Waals surface area (Å²) in [4.78, 5) is 15.0. The number of aliphatic carboxylic acids is 1. The van der Waals surface area contributed by atoms with Gasteiger partial charge in [0.15, 0.2) is 0 Å². The lowest BCUT2D eigenvalue weighted by Gasteiger charge is -2.03. The fraction of sp³-hybridized carbons (Fsp3) is 0.143. The number of carboxylic acid groups (broad SMARTS) is 1. The molecule has 2 aromatic heterocycles. The first kappa shape index (κ1) is 13.2. The van der Waals surface area contributed by atoms with Crippen LogP contribution in [0.15, 0.2) is 42.7 Å². The smallest absolute Gasteiger partial charge is 0.320 e. The van der Waals surface area contributed by atoms with Crippen LogP contribution in [-0.4, -0.2) is 37.1 Å². The number of carbonyl (C=O) groups is 1.